The van der Waals surface area contributed by atoms with Crippen LogP contribution in [0.3, 0.4) is 0 Å². The lowest BCUT2D eigenvalue weighted by Crippen LogP contribution is -2.54. The molecule has 1 unspecified atom stereocenters. The Hall–Kier alpha value is -1.22. The molecule has 0 radical (unpaired) electrons. The maximum Gasteiger partial charge on any atom is 0.397 e. The van der Waals surface area contributed by atoms with Crippen LogP contribution >= 0.6 is 0 Å². The predicted octanol–water partition coefficient (Wildman–Crippen LogP) is 0.924. The molecule has 0 spiro atoms. The second-order valence-corrected chi connectivity index (χ2v) is 5.69. The fourth-order valence-corrected chi connectivity index (χ4v) is 1.74. The number of hydrogen-bond donors (Lipinski definition) is 3. The van der Waals surface area contributed by atoms with E-state index in [2.05, 4.69) is 46.8 Å². The van der Waals surface area contributed by atoms with E-state index in [1.54, 1.807) is 0 Å². The topological polar surface area (TPSA) is 100 Å². The van der Waals surface area contributed by atoms with Gasteiger partial charge in [0.2, 0.25) is 0 Å². The van der Waals surface area contributed by atoms with E-state index in [4.69, 9.17) is 4.55 Å². The van der Waals surface area contributed by atoms with Gasteiger partial charge >= 0.3 is 10.4 Å². The first kappa shape index (κ1) is 19.8. The van der Waals surface area contributed by atoms with Crippen molar-refractivity contribution in [3.63, 3.8) is 0 Å². The number of nitrogens with one attached hydrogen (secondary N) is 2. The third-order valence-electron chi connectivity index (χ3n) is 3.09. The zero-order chi connectivity index (χ0) is 16.5. The second-order valence-electron chi connectivity index (χ2n) is 4.50. The monoisotopic (exact) mass is 319 g/mol. The molecule has 1 rings (SSSR count). The maximum absolute atomic E-state index is 9.33. The van der Waals surface area contributed by atoms with Gasteiger partial charge in [-0.05, 0) is 13.3 Å². The average molecular weight is 319 g/mol. The summed E-state index contributed by atoms with van der Waals surface area (Å²) >= 11 is 0. The van der Waals surface area contributed by atoms with E-state index in [1.807, 2.05) is 6.08 Å². The van der Waals surface area contributed by atoms with Crippen molar-refractivity contribution in [2.45, 2.75) is 25.8 Å². The van der Waals surface area contributed by atoms with Gasteiger partial charge in [0.15, 0.2) is 0 Å². The molecule has 3 N–H and O–H groups in total. The third-order valence-corrected chi connectivity index (χ3v) is 3.51. The minimum Gasteiger partial charge on any atom is -0.370 e. The Morgan fingerprint density at radius 3 is 2.57 bits per heavy atom. The zero-order valence-corrected chi connectivity index (χ0v) is 13.7. The standard InChI is InChI=1S/C12H21N3.CH4O4S/c1-5-7-15-12(4,10(3)6-2)11-13-8-9-14-11;1-5-6(2,3)4/h5,15H,1,3,6-9H2,2,4H3,(H,13,14);1H3,(H,2,3,4). The molecule has 0 bridgehead atoms. The highest BCUT2D eigenvalue weighted by molar-refractivity contribution is 7.80. The summed E-state index contributed by atoms with van der Waals surface area (Å²) in [7, 11) is -3.29. The highest BCUT2D eigenvalue weighted by Gasteiger charge is 2.33. The number of rotatable bonds is 7. The van der Waals surface area contributed by atoms with Crippen LogP contribution in [0.5, 0.6) is 0 Å². The van der Waals surface area contributed by atoms with Crippen molar-refractivity contribution < 1.29 is 17.2 Å². The summed E-state index contributed by atoms with van der Waals surface area (Å²) in [5.41, 5.74) is 0.914. The minimum atomic E-state index is -4.16. The van der Waals surface area contributed by atoms with Gasteiger partial charge in [-0.1, -0.05) is 25.2 Å². The van der Waals surface area contributed by atoms with E-state index in [0.29, 0.717) is 0 Å². The number of amidine groups is 1. The fraction of sp³-hybridized carbons (Fsp3) is 0.615. The summed E-state index contributed by atoms with van der Waals surface area (Å²) in [6.45, 7) is 14.6. The lowest BCUT2D eigenvalue weighted by atomic mass is 9.89. The van der Waals surface area contributed by atoms with Crippen molar-refractivity contribution in [2.75, 3.05) is 26.7 Å². The van der Waals surface area contributed by atoms with Crippen LogP contribution in [-0.2, 0) is 14.6 Å². The summed E-state index contributed by atoms with van der Waals surface area (Å²) in [5.74, 6) is 1.01. The molecule has 1 aliphatic heterocycles. The normalized spacial score (nSPS) is 16.9. The highest BCUT2D eigenvalue weighted by Crippen LogP contribution is 2.20. The smallest absolute Gasteiger partial charge is 0.370 e. The van der Waals surface area contributed by atoms with E-state index >= 15 is 0 Å². The van der Waals surface area contributed by atoms with Gasteiger partial charge in [0.1, 0.15) is 5.84 Å². The molecule has 0 saturated heterocycles. The molecule has 0 aromatic heterocycles. The van der Waals surface area contributed by atoms with Crippen LogP contribution in [0.25, 0.3) is 0 Å². The third kappa shape index (κ3) is 6.85. The number of aliphatic imine (C=N–C) groups is 1. The molecule has 0 aromatic carbocycles. The Labute approximate surface area is 127 Å². The molecule has 0 amide bonds. The molecule has 8 heteroatoms. The maximum atomic E-state index is 9.33. The Bertz CT molecular complexity index is 488. The van der Waals surface area contributed by atoms with E-state index < -0.39 is 10.4 Å². The van der Waals surface area contributed by atoms with Gasteiger partial charge in [-0.15, -0.1) is 6.58 Å². The molecular weight excluding hydrogens is 294 g/mol. The Morgan fingerprint density at radius 1 is 1.67 bits per heavy atom. The van der Waals surface area contributed by atoms with Gasteiger partial charge < -0.3 is 5.32 Å². The average Bonchev–Trinajstić information content (AvgIpc) is 2.98. The lowest BCUT2D eigenvalue weighted by Gasteiger charge is -2.32. The Balaban J connectivity index is 0.000000567. The van der Waals surface area contributed by atoms with Crippen LogP contribution < -0.4 is 10.6 Å². The van der Waals surface area contributed by atoms with Gasteiger partial charge in [-0.25, -0.2) is 0 Å². The summed E-state index contributed by atoms with van der Waals surface area (Å²) < 4.78 is 29.7. The van der Waals surface area contributed by atoms with Crippen molar-refractivity contribution in [3.05, 3.63) is 24.8 Å². The van der Waals surface area contributed by atoms with Gasteiger partial charge in [0.05, 0.1) is 19.2 Å². The van der Waals surface area contributed by atoms with Gasteiger partial charge in [-0.2, -0.15) is 8.42 Å². The Morgan fingerprint density at radius 2 is 2.24 bits per heavy atom. The molecule has 21 heavy (non-hydrogen) atoms. The SMILES string of the molecule is C=CCNC(C)(C(=C)CC)C1=NCCN1.COS(=O)(=O)O. The predicted molar refractivity (Wildman–Crippen MR) is 84.9 cm³/mol. The van der Waals surface area contributed by atoms with E-state index in [0.717, 1.165) is 44.6 Å². The molecule has 0 aliphatic carbocycles. The van der Waals surface area contributed by atoms with Gasteiger partial charge in [0.25, 0.3) is 0 Å². The van der Waals surface area contributed by atoms with E-state index in [1.165, 1.54) is 0 Å². The van der Waals surface area contributed by atoms with Crippen molar-refractivity contribution in [2.24, 2.45) is 4.99 Å². The zero-order valence-electron chi connectivity index (χ0n) is 12.8. The van der Waals surface area contributed by atoms with Crippen LogP contribution in [0, 0.1) is 0 Å². The quantitative estimate of drug-likeness (QED) is 0.477. The van der Waals surface area contributed by atoms with Crippen LogP contribution in [-0.4, -0.2) is 51.1 Å². The molecule has 7 nitrogen and oxygen atoms in total. The highest BCUT2D eigenvalue weighted by atomic mass is 32.3. The summed E-state index contributed by atoms with van der Waals surface area (Å²) in [5, 5.41) is 6.74. The molecule has 0 saturated carbocycles. The van der Waals surface area contributed by atoms with Crippen molar-refractivity contribution in [3.8, 4) is 0 Å². The van der Waals surface area contributed by atoms with Crippen molar-refractivity contribution in [1.82, 2.24) is 10.6 Å². The fourth-order valence-electron chi connectivity index (χ4n) is 1.74. The first-order valence-corrected chi connectivity index (χ1v) is 7.93. The first-order valence-electron chi connectivity index (χ1n) is 6.57. The van der Waals surface area contributed by atoms with Crippen LogP contribution in [0.2, 0.25) is 0 Å². The lowest BCUT2D eigenvalue weighted by molar-refractivity contribution is 0.324. The number of nitrogens with zero attached hydrogens (tertiary/aromatic N) is 1. The van der Waals surface area contributed by atoms with Gasteiger partial charge in [0, 0.05) is 13.1 Å². The summed E-state index contributed by atoms with van der Waals surface area (Å²) in [6, 6.07) is 0. The molecule has 122 valence electrons. The molecular formula is C13H25N3O4S. The van der Waals surface area contributed by atoms with Crippen molar-refractivity contribution >= 4 is 16.2 Å². The second kappa shape index (κ2) is 8.93. The van der Waals surface area contributed by atoms with Crippen molar-refractivity contribution in [1.29, 1.82) is 0 Å². The molecule has 0 aromatic rings. The van der Waals surface area contributed by atoms with Crippen LogP contribution in [0.1, 0.15) is 20.3 Å². The first-order chi connectivity index (χ1) is 9.71. The van der Waals surface area contributed by atoms with E-state index in [9.17, 15) is 8.42 Å². The molecule has 1 atom stereocenters. The van der Waals surface area contributed by atoms with E-state index in [-0.39, 0.29) is 5.54 Å². The van der Waals surface area contributed by atoms with Gasteiger partial charge in [-0.3, -0.25) is 19.0 Å². The molecule has 1 aliphatic rings. The Kier molecular flexibility index (Phi) is 8.41. The van der Waals surface area contributed by atoms with Crippen LogP contribution in [0.15, 0.2) is 29.8 Å². The summed E-state index contributed by atoms with van der Waals surface area (Å²) in [6.07, 6.45) is 2.80. The molecule has 0 fully saturated rings. The summed E-state index contributed by atoms with van der Waals surface area (Å²) in [4.78, 5) is 4.48. The largest absolute Gasteiger partial charge is 0.397 e. The number of hydrogen-bond acceptors (Lipinski definition) is 6. The van der Waals surface area contributed by atoms with Crippen LogP contribution in [0.4, 0.5) is 0 Å². The minimum absolute atomic E-state index is 0.237. The molecule has 1 heterocycles.